The molecule has 4 aromatic heterocycles. The first-order valence-electron chi connectivity index (χ1n) is 20.8. The maximum atomic E-state index is 14.2. The van der Waals surface area contributed by atoms with Crippen molar-refractivity contribution >= 4 is 40.3 Å². The molecule has 0 radical (unpaired) electrons. The molecule has 60 heavy (non-hydrogen) atoms. The number of nitrogens with one attached hydrogen (secondary N) is 3. The van der Waals surface area contributed by atoms with E-state index >= 15 is 0 Å². The fraction of sp³-hybridized carbons (Fsp3) is 0.500. The van der Waals surface area contributed by atoms with Crippen molar-refractivity contribution in [3.05, 3.63) is 76.4 Å². The predicted octanol–water partition coefficient (Wildman–Crippen LogP) is 5.12. The predicted molar refractivity (Wildman–Crippen MR) is 217 cm³/mol. The Morgan fingerprint density at radius 1 is 1.05 bits per heavy atom. The van der Waals surface area contributed by atoms with Crippen molar-refractivity contribution in [2.45, 2.75) is 82.5 Å². The van der Waals surface area contributed by atoms with E-state index < -0.39 is 30.0 Å². The summed E-state index contributed by atoms with van der Waals surface area (Å²) < 4.78 is 38.7. The lowest BCUT2D eigenvalue weighted by Crippen LogP contribution is -2.58. The monoisotopic (exact) mass is 825 g/mol. The number of nitrogens with zero attached hydrogens (tertiary/aromatic N) is 8. The Morgan fingerprint density at radius 3 is 2.58 bits per heavy atom. The molecule has 0 bridgehead atoms. The van der Waals surface area contributed by atoms with Gasteiger partial charge in [-0.15, -0.1) is 0 Å². The highest BCUT2D eigenvalue weighted by molar-refractivity contribution is 6.03. The van der Waals surface area contributed by atoms with E-state index in [0.717, 1.165) is 62.9 Å². The highest BCUT2D eigenvalue weighted by atomic mass is 19.3. The minimum absolute atomic E-state index is 0.0347. The number of aromatic nitrogens is 6. The van der Waals surface area contributed by atoms with Crippen molar-refractivity contribution in [3.63, 3.8) is 0 Å². The van der Waals surface area contributed by atoms with Gasteiger partial charge >= 0.3 is 5.69 Å². The number of amides is 3. The normalized spacial score (nSPS) is 21.5. The maximum absolute atomic E-state index is 14.2. The largest absolute Gasteiger partial charge is 0.444 e. The maximum Gasteiger partial charge on any atom is 0.329 e. The first kappa shape index (κ1) is 39.7. The van der Waals surface area contributed by atoms with Crippen LogP contribution in [0.2, 0.25) is 0 Å². The molecule has 6 heterocycles. The molecule has 1 aromatic carbocycles. The molecule has 16 nitrogen and oxygen atoms in total. The molecule has 2 saturated carbocycles. The number of alkyl halides is 2. The van der Waals surface area contributed by atoms with Crippen LogP contribution in [0.15, 0.2) is 58.2 Å². The fourth-order valence-electron chi connectivity index (χ4n) is 8.99. The van der Waals surface area contributed by atoms with Crippen molar-refractivity contribution < 1.29 is 27.6 Å². The molecule has 2 aliphatic carbocycles. The number of likely N-dealkylation sites (N-methyl/N-ethyl adjacent to an activating group) is 1. The topological polar surface area (TPSA) is 177 Å². The van der Waals surface area contributed by atoms with Gasteiger partial charge in [0, 0.05) is 70.2 Å². The molecule has 9 rings (SSSR count). The lowest BCUT2D eigenvalue weighted by molar-refractivity contribution is -0.135. The van der Waals surface area contributed by atoms with Gasteiger partial charge < -0.3 is 20.0 Å². The van der Waals surface area contributed by atoms with Gasteiger partial charge in [-0.05, 0) is 87.6 Å². The molecule has 3 N–H and O–H groups in total. The third-order valence-electron chi connectivity index (χ3n) is 12.6. The van der Waals surface area contributed by atoms with E-state index in [9.17, 15) is 28.0 Å². The second kappa shape index (κ2) is 16.4. The Bertz CT molecular complexity index is 2470. The standard InChI is InChI=1S/C42H49F2N11O5/c1-51(29-20-53(21-29)19-27-4-3-5-32-37(27)52(2)42(59)55(32)33-12-13-35(56)49-40(33)58)18-25-8-10-28(11-9-25)54-22-30(36(50-54)38(43)44)47-39(57)31-23-60-41(48-31)26-14-15-45-34(16-26)46-17-24-6-7-24/h3-5,14-16,22-25,28-29,33,38H,6-13,17-21H2,1-2H3,(H,45,46)(H,47,57)(H,49,56,58). The second-order valence-electron chi connectivity index (χ2n) is 16.9. The number of benzene rings is 1. The molecule has 2 saturated heterocycles. The van der Waals surface area contributed by atoms with Gasteiger partial charge in [0.05, 0.1) is 22.8 Å². The quantitative estimate of drug-likeness (QED) is 0.127. The summed E-state index contributed by atoms with van der Waals surface area (Å²) in [6.45, 7) is 4.18. The van der Waals surface area contributed by atoms with Gasteiger partial charge in [-0.1, -0.05) is 12.1 Å². The molecule has 5 aromatic rings. The number of para-hydroxylation sites is 1. The van der Waals surface area contributed by atoms with Crippen molar-refractivity contribution in [1.29, 1.82) is 0 Å². The number of carbonyl (C=O) groups is 3. The minimum Gasteiger partial charge on any atom is -0.444 e. The molecular weight excluding hydrogens is 777 g/mol. The van der Waals surface area contributed by atoms with E-state index in [0.29, 0.717) is 47.7 Å². The van der Waals surface area contributed by atoms with Gasteiger partial charge in [0.2, 0.25) is 17.7 Å². The van der Waals surface area contributed by atoms with Crippen LogP contribution in [-0.2, 0) is 23.2 Å². The molecule has 2 aliphatic heterocycles. The Balaban J connectivity index is 0.766. The number of imidazole rings is 1. The van der Waals surface area contributed by atoms with E-state index in [1.54, 1.807) is 34.6 Å². The number of halogens is 2. The second-order valence-corrected chi connectivity index (χ2v) is 16.9. The van der Waals surface area contributed by atoms with Gasteiger partial charge in [-0.3, -0.25) is 38.4 Å². The molecule has 1 unspecified atom stereocenters. The summed E-state index contributed by atoms with van der Waals surface area (Å²) >= 11 is 0. The first-order chi connectivity index (χ1) is 29.0. The van der Waals surface area contributed by atoms with Crippen LogP contribution in [0.5, 0.6) is 0 Å². The number of anilines is 2. The van der Waals surface area contributed by atoms with E-state index in [-0.39, 0.29) is 41.3 Å². The minimum atomic E-state index is -2.88. The molecule has 1 atom stereocenters. The van der Waals surface area contributed by atoms with Crippen molar-refractivity contribution in [3.8, 4) is 11.5 Å². The molecule has 3 amide bonds. The zero-order chi connectivity index (χ0) is 41.7. The summed E-state index contributed by atoms with van der Waals surface area (Å²) in [5.41, 5.74) is 2.30. The van der Waals surface area contributed by atoms with Gasteiger partial charge in [-0.2, -0.15) is 5.10 Å². The zero-order valence-corrected chi connectivity index (χ0v) is 33.7. The molecule has 316 valence electrons. The number of imide groups is 1. The smallest absolute Gasteiger partial charge is 0.329 e. The number of oxazole rings is 1. The number of likely N-dealkylation sites (tertiary alicyclic amines) is 1. The number of rotatable bonds is 14. The molecule has 18 heteroatoms. The summed E-state index contributed by atoms with van der Waals surface area (Å²) in [6, 6.07) is 8.90. The number of carbonyl (C=O) groups excluding carboxylic acids is 3. The highest BCUT2D eigenvalue weighted by Crippen LogP contribution is 2.36. The average Bonchev–Trinajstić information content (AvgIpc) is 3.62. The Kier molecular flexibility index (Phi) is 10.8. The van der Waals surface area contributed by atoms with Crippen LogP contribution in [0, 0.1) is 11.8 Å². The van der Waals surface area contributed by atoms with Crippen molar-refractivity contribution in [2.24, 2.45) is 18.9 Å². The molecular formula is C42H49F2N11O5. The van der Waals surface area contributed by atoms with Gasteiger partial charge in [0.1, 0.15) is 18.1 Å². The third kappa shape index (κ3) is 8.09. The Labute approximate surface area is 344 Å². The molecule has 4 aliphatic rings. The van der Waals surface area contributed by atoms with Crippen molar-refractivity contribution in [2.75, 3.05) is 43.9 Å². The van der Waals surface area contributed by atoms with Crippen LogP contribution >= 0.6 is 0 Å². The zero-order valence-electron chi connectivity index (χ0n) is 33.7. The van der Waals surface area contributed by atoms with Crippen LogP contribution in [-0.4, -0.2) is 95.7 Å². The number of hydrogen-bond acceptors (Lipinski definition) is 11. The summed E-state index contributed by atoms with van der Waals surface area (Å²) in [7, 11) is 3.87. The van der Waals surface area contributed by atoms with Gasteiger partial charge in [-0.25, -0.2) is 23.5 Å². The lowest BCUT2D eigenvalue weighted by Gasteiger charge is -2.45. The summed E-state index contributed by atoms with van der Waals surface area (Å²) in [4.78, 5) is 64.4. The van der Waals surface area contributed by atoms with Crippen LogP contribution in [0.4, 0.5) is 20.3 Å². The number of hydrogen-bond donors (Lipinski definition) is 3. The van der Waals surface area contributed by atoms with E-state index in [4.69, 9.17) is 4.42 Å². The number of pyridine rings is 1. The van der Waals surface area contributed by atoms with Crippen LogP contribution in [0.3, 0.4) is 0 Å². The van der Waals surface area contributed by atoms with Gasteiger partial charge in [0.15, 0.2) is 11.4 Å². The summed E-state index contributed by atoms with van der Waals surface area (Å²) in [5.74, 6) is 0.597. The molecule has 0 spiro atoms. The van der Waals surface area contributed by atoms with E-state index in [1.807, 2.05) is 18.2 Å². The van der Waals surface area contributed by atoms with Crippen LogP contribution < -0.4 is 21.6 Å². The van der Waals surface area contributed by atoms with Crippen LogP contribution in [0.1, 0.15) is 91.6 Å². The van der Waals surface area contributed by atoms with E-state index in [1.165, 1.54) is 29.9 Å². The average molecular weight is 826 g/mol. The van der Waals surface area contributed by atoms with Crippen LogP contribution in [0.25, 0.3) is 22.5 Å². The first-order valence-corrected chi connectivity index (χ1v) is 20.8. The van der Waals surface area contributed by atoms with E-state index in [2.05, 4.69) is 47.9 Å². The summed E-state index contributed by atoms with van der Waals surface area (Å²) in [5, 5.41) is 12.5. The third-order valence-corrected chi connectivity index (χ3v) is 12.6. The lowest BCUT2D eigenvalue weighted by atomic mass is 9.85. The van der Waals surface area contributed by atoms with Gasteiger partial charge in [0.25, 0.3) is 12.3 Å². The number of fused-ring (bicyclic) bond motifs is 1. The van der Waals surface area contributed by atoms with Crippen molar-refractivity contribution in [1.82, 2.24) is 44.0 Å². The fourth-order valence-corrected chi connectivity index (χ4v) is 8.99. The number of aryl methyl sites for hydroxylation is 1. The Hall–Kier alpha value is -5.75. The number of piperidine rings is 1. The SMILES string of the molecule is CN(CC1CCC(n2cc(NC(=O)c3coc(-c4ccnc(NCC5CC5)c4)n3)c(C(F)F)n2)CC1)C1CN(Cc2cccc3c2n(C)c(=O)n3C2CCC(=O)NC2=O)C1. The summed E-state index contributed by atoms with van der Waals surface area (Å²) in [6.07, 6.45) is 7.79. The molecule has 4 fully saturated rings. The Morgan fingerprint density at radius 2 is 1.83 bits per heavy atom. The highest BCUT2D eigenvalue weighted by Gasteiger charge is 2.35.